The fourth-order valence-electron chi connectivity index (χ4n) is 3.17. The van der Waals surface area contributed by atoms with Crippen LogP contribution in [0.5, 0.6) is 0 Å². The van der Waals surface area contributed by atoms with Crippen LogP contribution in [0.4, 0.5) is 5.13 Å². The molecule has 0 saturated carbocycles. The van der Waals surface area contributed by atoms with Gasteiger partial charge in [-0.3, -0.25) is 14.7 Å². The molecule has 0 aliphatic rings. The normalized spacial score (nSPS) is 11.2. The highest BCUT2D eigenvalue weighted by molar-refractivity contribution is 9.10. The summed E-state index contributed by atoms with van der Waals surface area (Å²) in [6.07, 6.45) is 3.86. The Morgan fingerprint density at radius 1 is 1.13 bits per heavy atom. The molecule has 4 aromatic rings. The molecule has 4 nitrogen and oxygen atoms in total. The van der Waals surface area contributed by atoms with E-state index in [2.05, 4.69) is 46.9 Å². The number of nitrogens with zero attached hydrogens (tertiary/aromatic N) is 3. The van der Waals surface area contributed by atoms with E-state index in [1.807, 2.05) is 54.2 Å². The minimum Gasteiger partial charge on any atom is -0.283 e. The van der Waals surface area contributed by atoms with Crippen LogP contribution in [0.1, 0.15) is 25.0 Å². The highest BCUT2D eigenvalue weighted by Crippen LogP contribution is 2.32. The molecule has 31 heavy (non-hydrogen) atoms. The molecule has 1 amide bonds. The molecule has 0 aliphatic carbocycles. The number of thioether (sulfide) groups is 1. The van der Waals surface area contributed by atoms with Gasteiger partial charge in [0, 0.05) is 27.0 Å². The second-order valence-corrected chi connectivity index (χ2v) is 11.0. The van der Waals surface area contributed by atoms with E-state index in [0.29, 0.717) is 23.3 Å². The average molecular weight is 512 g/mol. The van der Waals surface area contributed by atoms with Crippen LogP contribution < -0.4 is 4.90 Å². The van der Waals surface area contributed by atoms with Gasteiger partial charge in [0.1, 0.15) is 0 Å². The molecule has 0 N–H and O–H groups in total. The number of anilines is 1. The number of thiazole rings is 1. The number of rotatable bonds is 7. The summed E-state index contributed by atoms with van der Waals surface area (Å²) in [6.45, 7) is 4.79. The number of pyridine rings is 1. The molecule has 0 fully saturated rings. The number of aromatic nitrogens is 2. The number of carbonyl (C=O) groups is 1. The summed E-state index contributed by atoms with van der Waals surface area (Å²) in [6, 6.07) is 18.1. The first-order chi connectivity index (χ1) is 15.0. The summed E-state index contributed by atoms with van der Waals surface area (Å²) in [5.74, 6) is 0.0197. The molecule has 158 valence electrons. The van der Waals surface area contributed by atoms with Crippen molar-refractivity contribution in [2.75, 3.05) is 4.90 Å². The van der Waals surface area contributed by atoms with Gasteiger partial charge in [-0.2, -0.15) is 0 Å². The molecule has 4 rings (SSSR count). The highest BCUT2D eigenvalue weighted by Gasteiger charge is 2.21. The van der Waals surface area contributed by atoms with Gasteiger partial charge in [0.15, 0.2) is 5.13 Å². The minimum absolute atomic E-state index is 0.0197. The summed E-state index contributed by atoms with van der Waals surface area (Å²) >= 11 is 6.86. The van der Waals surface area contributed by atoms with Gasteiger partial charge < -0.3 is 0 Å². The lowest BCUT2D eigenvalue weighted by Gasteiger charge is -2.20. The molecule has 0 aliphatic heterocycles. The molecule has 7 heteroatoms. The lowest BCUT2D eigenvalue weighted by atomic mass is 10.1. The first kappa shape index (κ1) is 22.0. The van der Waals surface area contributed by atoms with Gasteiger partial charge in [-0.25, -0.2) is 4.98 Å². The molecule has 0 saturated heterocycles. The standard InChI is InChI=1S/C24H22BrN3OS2/c1-16(2)30-20-8-5-17(6-9-20)12-23(29)28(15-18-4-3-11-26-14-18)24-27-21-10-7-19(25)13-22(21)31-24/h3-11,13-14,16H,12,15H2,1-2H3. The van der Waals surface area contributed by atoms with Crippen molar-refractivity contribution in [2.24, 2.45) is 0 Å². The van der Waals surface area contributed by atoms with E-state index in [-0.39, 0.29) is 5.91 Å². The molecule has 2 heterocycles. The Labute approximate surface area is 198 Å². The third kappa shape index (κ3) is 5.73. The molecule has 0 radical (unpaired) electrons. The van der Waals surface area contributed by atoms with Crippen molar-refractivity contribution in [1.29, 1.82) is 0 Å². The lowest BCUT2D eigenvalue weighted by molar-refractivity contribution is -0.118. The second-order valence-electron chi connectivity index (χ2n) is 7.44. The Morgan fingerprint density at radius 2 is 1.94 bits per heavy atom. The summed E-state index contributed by atoms with van der Waals surface area (Å²) in [5.41, 5.74) is 2.86. The van der Waals surface area contributed by atoms with Gasteiger partial charge >= 0.3 is 0 Å². The van der Waals surface area contributed by atoms with Gasteiger partial charge in [0.25, 0.3) is 0 Å². The van der Waals surface area contributed by atoms with Crippen LogP contribution in [-0.4, -0.2) is 21.1 Å². The topological polar surface area (TPSA) is 46.1 Å². The van der Waals surface area contributed by atoms with E-state index in [1.54, 1.807) is 17.3 Å². The monoisotopic (exact) mass is 511 g/mol. The fraction of sp³-hybridized carbons (Fsp3) is 0.208. The van der Waals surface area contributed by atoms with Crippen LogP contribution in [0.25, 0.3) is 10.2 Å². The van der Waals surface area contributed by atoms with Crippen molar-refractivity contribution in [3.05, 3.63) is 82.6 Å². The Bertz CT molecular complexity index is 1180. The number of hydrogen-bond acceptors (Lipinski definition) is 5. The van der Waals surface area contributed by atoms with E-state index >= 15 is 0 Å². The number of fused-ring (bicyclic) bond motifs is 1. The van der Waals surface area contributed by atoms with Gasteiger partial charge in [-0.1, -0.05) is 59.3 Å². The first-order valence-corrected chi connectivity index (χ1v) is 12.5. The number of halogens is 1. The Morgan fingerprint density at radius 3 is 2.65 bits per heavy atom. The quantitative estimate of drug-likeness (QED) is 0.258. The predicted octanol–water partition coefficient (Wildman–Crippen LogP) is 6.73. The van der Waals surface area contributed by atoms with Crippen molar-refractivity contribution < 1.29 is 4.79 Å². The van der Waals surface area contributed by atoms with Crippen LogP contribution in [0, 0.1) is 0 Å². The summed E-state index contributed by atoms with van der Waals surface area (Å²) in [7, 11) is 0. The molecule has 0 unspecified atom stereocenters. The smallest absolute Gasteiger partial charge is 0.233 e. The second kappa shape index (κ2) is 9.94. The van der Waals surface area contributed by atoms with E-state index in [9.17, 15) is 4.79 Å². The number of benzene rings is 2. The highest BCUT2D eigenvalue weighted by atomic mass is 79.9. The van der Waals surface area contributed by atoms with E-state index in [1.165, 1.54) is 16.2 Å². The van der Waals surface area contributed by atoms with E-state index in [0.717, 1.165) is 25.8 Å². The van der Waals surface area contributed by atoms with Crippen LogP contribution in [0.3, 0.4) is 0 Å². The summed E-state index contributed by atoms with van der Waals surface area (Å²) < 4.78 is 2.04. The van der Waals surface area contributed by atoms with Crippen molar-refractivity contribution >= 4 is 60.3 Å². The van der Waals surface area contributed by atoms with Crippen LogP contribution in [-0.2, 0) is 17.8 Å². The van der Waals surface area contributed by atoms with Crippen LogP contribution >= 0.6 is 39.0 Å². The van der Waals surface area contributed by atoms with Crippen LogP contribution in [0.15, 0.2) is 76.4 Å². The van der Waals surface area contributed by atoms with Crippen molar-refractivity contribution in [3.8, 4) is 0 Å². The van der Waals surface area contributed by atoms with Gasteiger partial charge in [-0.05, 0) is 47.5 Å². The maximum Gasteiger partial charge on any atom is 0.233 e. The first-order valence-electron chi connectivity index (χ1n) is 9.99. The minimum atomic E-state index is 0.0197. The largest absolute Gasteiger partial charge is 0.283 e. The molecule has 0 bridgehead atoms. The fourth-order valence-corrected chi connectivity index (χ4v) is 5.54. The van der Waals surface area contributed by atoms with Crippen molar-refractivity contribution in [3.63, 3.8) is 0 Å². The summed E-state index contributed by atoms with van der Waals surface area (Å²) in [5, 5.41) is 1.23. The van der Waals surface area contributed by atoms with Gasteiger partial charge in [-0.15, -0.1) is 11.8 Å². The number of hydrogen-bond donors (Lipinski definition) is 0. The summed E-state index contributed by atoms with van der Waals surface area (Å²) in [4.78, 5) is 25.3. The third-order valence-corrected chi connectivity index (χ3v) is 7.14. The molecular weight excluding hydrogens is 490 g/mol. The Balaban J connectivity index is 1.60. The average Bonchev–Trinajstić information content (AvgIpc) is 3.16. The Hall–Kier alpha value is -2.22. The van der Waals surface area contributed by atoms with E-state index in [4.69, 9.17) is 4.98 Å². The lowest BCUT2D eigenvalue weighted by Crippen LogP contribution is -2.31. The molecule has 2 aromatic heterocycles. The Kier molecular flexibility index (Phi) is 7.05. The number of carbonyl (C=O) groups excluding carboxylic acids is 1. The van der Waals surface area contributed by atoms with Gasteiger partial charge in [0.05, 0.1) is 23.2 Å². The molecule has 2 aromatic carbocycles. The maximum atomic E-state index is 13.4. The van der Waals surface area contributed by atoms with Gasteiger partial charge in [0.2, 0.25) is 5.91 Å². The maximum absolute atomic E-state index is 13.4. The van der Waals surface area contributed by atoms with Crippen molar-refractivity contribution in [2.45, 2.75) is 37.0 Å². The predicted molar refractivity (Wildman–Crippen MR) is 134 cm³/mol. The SMILES string of the molecule is CC(C)Sc1ccc(CC(=O)N(Cc2cccnc2)c2nc3ccc(Br)cc3s2)cc1. The molecule has 0 spiro atoms. The zero-order valence-corrected chi connectivity index (χ0v) is 20.5. The third-order valence-electron chi connectivity index (χ3n) is 4.59. The zero-order valence-electron chi connectivity index (χ0n) is 17.3. The molecule has 0 atom stereocenters. The van der Waals surface area contributed by atoms with E-state index < -0.39 is 0 Å². The number of amides is 1. The molecular formula is C24H22BrN3OS2. The van der Waals surface area contributed by atoms with Crippen molar-refractivity contribution in [1.82, 2.24) is 9.97 Å². The zero-order chi connectivity index (χ0) is 21.8. The van der Waals surface area contributed by atoms with Crippen LogP contribution in [0.2, 0.25) is 0 Å².